The number of rotatable bonds is 11. The molecule has 0 radical (unpaired) electrons. The van der Waals surface area contributed by atoms with Crippen LogP contribution in [0.15, 0.2) is 86.4 Å². The minimum absolute atomic E-state index is 0.0473. The van der Waals surface area contributed by atoms with Crippen LogP contribution in [0.1, 0.15) is 49.4 Å². The van der Waals surface area contributed by atoms with Crippen molar-refractivity contribution in [2.75, 3.05) is 19.8 Å². The van der Waals surface area contributed by atoms with Crippen molar-refractivity contribution in [1.82, 2.24) is 0 Å². The standard InChI is InChI=1S/C39H38O11/c1-21-18-32(42)50-37-29(21)14-15-31-34(37)33(26-10-7-6-8-11-26)38(49-31)35(43)27-12-9-13-28(19-27)44-16-17-45-39-30(20-46-24(4)40)36(48-25(5)41)22(2)23(3)47-39/h6-15,18-19,22-23,30,36,39H,16-17,20H2,1-5H3. The lowest BCUT2D eigenvalue weighted by molar-refractivity contribution is -0.272. The molecular weight excluding hydrogens is 644 g/mol. The monoisotopic (exact) mass is 682 g/mol. The Morgan fingerprint density at radius 2 is 1.64 bits per heavy atom. The Morgan fingerprint density at radius 3 is 2.38 bits per heavy atom. The highest BCUT2D eigenvalue weighted by Gasteiger charge is 2.45. The average Bonchev–Trinajstić information content (AvgIpc) is 3.49. The zero-order chi connectivity index (χ0) is 35.5. The minimum Gasteiger partial charge on any atom is -0.491 e. The first-order valence-electron chi connectivity index (χ1n) is 16.4. The van der Waals surface area contributed by atoms with E-state index >= 15 is 0 Å². The maximum absolute atomic E-state index is 14.1. The molecule has 11 nitrogen and oxygen atoms in total. The highest BCUT2D eigenvalue weighted by molar-refractivity contribution is 6.20. The van der Waals surface area contributed by atoms with Gasteiger partial charge < -0.3 is 32.5 Å². The summed E-state index contributed by atoms with van der Waals surface area (Å²) in [6, 6.07) is 21.1. The van der Waals surface area contributed by atoms with Crippen LogP contribution in [-0.2, 0) is 28.5 Å². The summed E-state index contributed by atoms with van der Waals surface area (Å²) in [6.07, 6.45) is -1.70. The molecule has 5 atom stereocenters. The number of furan rings is 1. The van der Waals surface area contributed by atoms with Crippen molar-refractivity contribution >= 4 is 39.7 Å². The molecule has 50 heavy (non-hydrogen) atoms. The van der Waals surface area contributed by atoms with Crippen LogP contribution in [0.2, 0.25) is 0 Å². The molecule has 0 saturated carbocycles. The van der Waals surface area contributed by atoms with Crippen LogP contribution in [0.25, 0.3) is 33.1 Å². The van der Waals surface area contributed by atoms with Gasteiger partial charge in [0, 0.05) is 42.3 Å². The van der Waals surface area contributed by atoms with Gasteiger partial charge in [-0.15, -0.1) is 0 Å². The molecule has 1 saturated heterocycles. The first-order chi connectivity index (χ1) is 24.0. The van der Waals surface area contributed by atoms with E-state index < -0.39 is 35.9 Å². The predicted molar refractivity (Wildman–Crippen MR) is 183 cm³/mol. The molecule has 260 valence electrons. The number of hydrogen-bond acceptors (Lipinski definition) is 11. The summed E-state index contributed by atoms with van der Waals surface area (Å²) < 4.78 is 40.8. The number of ether oxygens (including phenoxy) is 5. The van der Waals surface area contributed by atoms with E-state index in [1.54, 1.807) is 30.3 Å². The molecule has 6 rings (SSSR count). The normalized spacial score (nSPS) is 20.5. The quantitative estimate of drug-likeness (QED) is 0.0641. The molecule has 1 fully saturated rings. The van der Waals surface area contributed by atoms with Gasteiger partial charge >= 0.3 is 17.6 Å². The van der Waals surface area contributed by atoms with E-state index in [0.717, 1.165) is 16.5 Å². The van der Waals surface area contributed by atoms with Crippen molar-refractivity contribution in [3.05, 3.63) is 100 Å². The zero-order valence-electron chi connectivity index (χ0n) is 28.4. The highest BCUT2D eigenvalue weighted by atomic mass is 16.7. The van der Waals surface area contributed by atoms with Gasteiger partial charge in [0.1, 0.15) is 36.2 Å². The van der Waals surface area contributed by atoms with Crippen LogP contribution in [-0.4, -0.2) is 56.0 Å². The fourth-order valence-corrected chi connectivity index (χ4v) is 6.37. The summed E-state index contributed by atoms with van der Waals surface area (Å²) in [5, 5.41) is 1.29. The van der Waals surface area contributed by atoms with E-state index in [1.165, 1.54) is 19.9 Å². The van der Waals surface area contributed by atoms with Gasteiger partial charge in [-0.1, -0.05) is 49.4 Å². The largest absolute Gasteiger partial charge is 0.491 e. The maximum atomic E-state index is 14.1. The van der Waals surface area contributed by atoms with Crippen LogP contribution in [0.3, 0.4) is 0 Å². The van der Waals surface area contributed by atoms with Gasteiger partial charge in [-0.3, -0.25) is 14.4 Å². The highest BCUT2D eigenvalue weighted by Crippen LogP contribution is 2.40. The van der Waals surface area contributed by atoms with Crippen molar-refractivity contribution in [3.63, 3.8) is 0 Å². The average molecular weight is 683 g/mol. The Kier molecular flexibility index (Phi) is 10.2. The van der Waals surface area contributed by atoms with Gasteiger partial charge in [-0.05, 0) is 49.2 Å². The van der Waals surface area contributed by atoms with Gasteiger partial charge in [0.2, 0.25) is 5.78 Å². The summed E-state index contributed by atoms with van der Waals surface area (Å²) in [7, 11) is 0. The van der Waals surface area contributed by atoms with Crippen molar-refractivity contribution in [3.8, 4) is 16.9 Å². The van der Waals surface area contributed by atoms with Crippen LogP contribution in [0.5, 0.6) is 5.75 Å². The van der Waals surface area contributed by atoms with Crippen molar-refractivity contribution in [2.24, 2.45) is 11.8 Å². The van der Waals surface area contributed by atoms with Gasteiger partial charge in [0.25, 0.3) is 0 Å². The Labute approximate surface area is 288 Å². The molecule has 3 heterocycles. The maximum Gasteiger partial charge on any atom is 0.336 e. The van der Waals surface area contributed by atoms with Crippen LogP contribution in [0.4, 0.5) is 0 Å². The molecular formula is C39H38O11. The lowest BCUT2D eigenvalue weighted by Gasteiger charge is -2.43. The fraction of sp³-hybridized carbons (Fsp3) is 0.333. The Morgan fingerprint density at radius 1 is 0.860 bits per heavy atom. The molecule has 5 aromatic rings. The second kappa shape index (κ2) is 14.7. The van der Waals surface area contributed by atoms with Crippen LogP contribution >= 0.6 is 0 Å². The molecule has 11 heteroatoms. The number of fused-ring (bicyclic) bond motifs is 3. The molecule has 1 aliphatic heterocycles. The van der Waals surface area contributed by atoms with Gasteiger partial charge in [-0.2, -0.15) is 0 Å². The third kappa shape index (κ3) is 7.19. The SMILES string of the molecule is CC(=O)OCC1C(OCCOc2cccc(C(=O)c3oc4ccc5c(C)cc(=O)oc5c4c3-c3ccccc3)c2)OC(C)C(C)C1OC(C)=O. The molecule has 3 aromatic carbocycles. The van der Waals surface area contributed by atoms with E-state index in [0.29, 0.717) is 33.4 Å². The Balaban J connectivity index is 1.22. The van der Waals surface area contributed by atoms with Gasteiger partial charge in [0.15, 0.2) is 12.1 Å². The number of carbonyl (C=O) groups excluding carboxylic acids is 3. The second-order valence-corrected chi connectivity index (χ2v) is 12.4. The van der Waals surface area contributed by atoms with Crippen molar-refractivity contribution < 1.29 is 46.9 Å². The Hall–Kier alpha value is -5.26. The molecule has 0 amide bonds. The van der Waals surface area contributed by atoms with E-state index in [9.17, 15) is 19.2 Å². The van der Waals surface area contributed by atoms with E-state index in [2.05, 4.69) is 0 Å². The van der Waals surface area contributed by atoms with E-state index in [-0.39, 0.29) is 43.4 Å². The first kappa shape index (κ1) is 34.6. The van der Waals surface area contributed by atoms with Crippen LogP contribution < -0.4 is 10.4 Å². The topological polar surface area (TPSA) is 141 Å². The molecule has 0 spiro atoms. The molecule has 0 bridgehead atoms. The lowest BCUT2D eigenvalue weighted by Crippen LogP contribution is -2.53. The first-order valence-corrected chi connectivity index (χ1v) is 16.4. The van der Waals surface area contributed by atoms with Gasteiger partial charge in [0.05, 0.1) is 24.0 Å². The number of esters is 2. The summed E-state index contributed by atoms with van der Waals surface area (Å²) in [4.78, 5) is 50.0. The minimum atomic E-state index is -0.824. The number of ketones is 1. The van der Waals surface area contributed by atoms with E-state index in [1.807, 2.05) is 57.2 Å². The summed E-state index contributed by atoms with van der Waals surface area (Å²) in [6.45, 7) is 8.38. The number of carbonyl (C=O) groups is 3. The molecule has 0 N–H and O–H groups in total. The molecule has 2 aromatic heterocycles. The molecule has 1 aliphatic rings. The number of benzene rings is 3. The lowest BCUT2D eigenvalue weighted by atomic mass is 9.85. The third-order valence-corrected chi connectivity index (χ3v) is 8.93. The molecule has 0 aliphatic carbocycles. The van der Waals surface area contributed by atoms with Crippen molar-refractivity contribution in [2.45, 2.75) is 53.1 Å². The zero-order valence-corrected chi connectivity index (χ0v) is 28.4. The third-order valence-electron chi connectivity index (χ3n) is 8.93. The second-order valence-electron chi connectivity index (χ2n) is 12.4. The van der Waals surface area contributed by atoms with Crippen LogP contribution in [0, 0.1) is 18.8 Å². The number of hydrogen-bond donors (Lipinski definition) is 0. The predicted octanol–water partition coefficient (Wildman–Crippen LogP) is 6.63. The fourth-order valence-electron chi connectivity index (χ4n) is 6.37. The molecule has 5 unspecified atom stereocenters. The summed E-state index contributed by atoms with van der Waals surface area (Å²) in [5.41, 5.74) is 2.60. The summed E-state index contributed by atoms with van der Waals surface area (Å²) >= 11 is 0. The smallest absolute Gasteiger partial charge is 0.336 e. The number of aryl methyl sites for hydroxylation is 1. The Bertz CT molecular complexity index is 2090. The van der Waals surface area contributed by atoms with E-state index in [4.69, 9.17) is 32.5 Å². The summed E-state index contributed by atoms with van der Waals surface area (Å²) in [5.74, 6) is -1.49. The van der Waals surface area contributed by atoms with Crippen molar-refractivity contribution in [1.29, 1.82) is 0 Å². The van der Waals surface area contributed by atoms with Gasteiger partial charge in [-0.25, -0.2) is 4.79 Å².